The number of rotatable bonds is 2. The van der Waals surface area contributed by atoms with Gasteiger partial charge >= 0.3 is 0 Å². The van der Waals surface area contributed by atoms with Crippen LogP contribution in [-0.4, -0.2) is 42.2 Å². The molecule has 4 fully saturated rings. The number of nitrogens with zero attached hydrogens (tertiary/aromatic N) is 2. The highest BCUT2D eigenvalue weighted by Gasteiger charge is 2.60. The van der Waals surface area contributed by atoms with E-state index in [1.807, 2.05) is 0 Å². The van der Waals surface area contributed by atoms with Gasteiger partial charge in [-0.3, -0.25) is 4.90 Å². The number of hydrogen-bond acceptors (Lipinski definition) is 1. The van der Waals surface area contributed by atoms with Gasteiger partial charge in [-0.25, -0.2) is 0 Å². The Balaban J connectivity index is 1.65. The molecule has 3 heteroatoms. The molecule has 108 valence electrons. The van der Waals surface area contributed by atoms with E-state index in [4.69, 9.17) is 0 Å². The van der Waals surface area contributed by atoms with Crippen LogP contribution in [0.2, 0.25) is 0 Å². The van der Waals surface area contributed by atoms with Gasteiger partial charge in [0.05, 0.1) is 13.1 Å². The third-order valence-electron chi connectivity index (χ3n) is 5.43. The summed E-state index contributed by atoms with van der Waals surface area (Å²) in [6, 6.07) is 8.95. The number of piperidine rings is 2. The first-order valence-corrected chi connectivity index (χ1v) is 8.49. The summed E-state index contributed by atoms with van der Waals surface area (Å²) >= 11 is 3.54. The molecule has 1 aromatic carbocycles. The van der Waals surface area contributed by atoms with Gasteiger partial charge in [0, 0.05) is 34.0 Å². The van der Waals surface area contributed by atoms with E-state index in [2.05, 4.69) is 58.9 Å². The van der Waals surface area contributed by atoms with Crippen LogP contribution in [0, 0.1) is 10.8 Å². The van der Waals surface area contributed by atoms with Gasteiger partial charge in [-0.15, -0.1) is 0 Å². The van der Waals surface area contributed by atoms with E-state index in [-0.39, 0.29) is 0 Å². The summed E-state index contributed by atoms with van der Waals surface area (Å²) in [6.07, 6.45) is 1.43. The maximum Gasteiger partial charge on any atom is 0.135 e. The maximum atomic E-state index is 3.54. The summed E-state index contributed by atoms with van der Waals surface area (Å²) in [4.78, 5) is 2.73. The van der Waals surface area contributed by atoms with E-state index < -0.39 is 0 Å². The van der Waals surface area contributed by atoms with Crippen LogP contribution >= 0.6 is 15.9 Å². The highest BCUT2D eigenvalue weighted by Crippen LogP contribution is 2.52. The van der Waals surface area contributed by atoms with Crippen LogP contribution in [-0.2, 0) is 6.54 Å². The minimum Gasteiger partial charge on any atom is -0.306 e. The lowest BCUT2D eigenvalue weighted by Gasteiger charge is -2.66. The van der Waals surface area contributed by atoms with Gasteiger partial charge in [-0.1, -0.05) is 41.9 Å². The quantitative estimate of drug-likeness (QED) is 0.748. The summed E-state index contributed by atoms with van der Waals surface area (Å²) in [6.45, 7) is 12.9. The van der Waals surface area contributed by atoms with Crippen LogP contribution < -0.4 is 0 Å². The fraction of sp³-hybridized carbons (Fsp3) is 0.647. The fourth-order valence-corrected chi connectivity index (χ4v) is 6.19. The molecule has 4 aliphatic rings. The van der Waals surface area contributed by atoms with Crippen molar-refractivity contribution in [2.45, 2.75) is 26.8 Å². The molecule has 1 aromatic rings. The van der Waals surface area contributed by atoms with Crippen LogP contribution in [0.3, 0.4) is 0 Å². The van der Waals surface area contributed by atoms with Crippen LogP contribution in [0.15, 0.2) is 28.7 Å². The molecule has 0 saturated carbocycles. The summed E-state index contributed by atoms with van der Waals surface area (Å²) in [7, 11) is 0. The molecular formula is C17H24BrN2+. The molecule has 0 aromatic heterocycles. The Morgan fingerprint density at radius 1 is 1.10 bits per heavy atom. The van der Waals surface area contributed by atoms with Crippen molar-refractivity contribution >= 4 is 15.9 Å². The van der Waals surface area contributed by atoms with Crippen molar-refractivity contribution in [3.05, 3.63) is 34.3 Å². The Morgan fingerprint density at radius 3 is 2.25 bits per heavy atom. The lowest BCUT2D eigenvalue weighted by Crippen LogP contribution is -2.77. The highest BCUT2D eigenvalue weighted by atomic mass is 79.9. The SMILES string of the molecule is C[C@]12CN3C[C@@](C)(C1)C[N+](Cc1ccc(Br)cc1)(C3)C2. The molecular weight excluding hydrogens is 312 g/mol. The summed E-state index contributed by atoms with van der Waals surface area (Å²) in [5.74, 6) is 0. The van der Waals surface area contributed by atoms with E-state index in [0.29, 0.717) is 10.8 Å². The molecule has 5 rings (SSSR count). The highest BCUT2D eigenvalue weighted by molar-refractivity contribution is 9.10. The van der Waals surface area contributed by atoms with Crippen molar-refractivity contribution < 1.29 is 4.48 Å². The predicted molar refractivity (Wildman–Crippen MR) is 85.1 cm³/mol. The van der Waals surface area contributed by atoms with Crippen molar-refractivity contribution in [2.24, 2.45) is 10.8 Å². The zero-order chi connectivity index (χ0) is 14.0. The first-order chi connectivity index (χ1) is 9.38. The molecule has 2 nitrogen and oxygen atoms in total. The Hall–Kier alpha value is -0.380. The molecule has 0 amide bonds. The van der Waals surface area contributed by atoms with E-state index in [1.54, 1.807) is 0 Å². The third kappa shape index (κ3) is 2.15. The Kier molecular flexibility index (Phi) is 2.72. The van der Waals surface area contributed by atoms with Crippen LogP contribution in [0.1, 0.15) is 25.8 Å². The van der Waals surface area contributed by atoms with Gasteiger partial charge in [0.15, 0.2) is 0 Å². The summed E-state index contributed by atoms with van der Waals surface area (Å²) in [5.41, 5.74) is 2.57. The fourth-order valence-electron chi connectivity index (χ4n) is 5.93. The average Bonchev–Trinajstić information content (AvgIpc) is 2.27. The van der Waals surface area contributed by atoms with Crippen molar-refractivity contribution in [3.63, 3.8) is 0 Å². The second-order valence-electron chi connectivity index (χ2n) is 8.37. The molecule has 4 saturated heterocycles. The van der Waals surface area contributed by atoms with Gasteiger partial charge in [-0.05, 0) is 18.6 Å². The average molecular weight is 336 g/mol. The maximum absolute atomic E-state index is 3.54. The van der Waals surface area contributed by atoms with Crippen LogP contribution in [0.4, 0.5) is 0 Å². The van der Waals surface area contributed by atoms with Crippen molar-refractivity contribution in [2.75, 3.05) is 32.8 Å². The molecule has 0 N–H and O–H groups in total. The van der Waals surface area contributed by atoms with Crippen LogP contribution in [0.25, 0.3) is 0 Å². The normalized spacial score (nSPS) is 45.9. The van der Waals surface area contributed by atoms with E-state index >= 15 is 0 Å². The van der Waals surface area contributed by atoms with Gasteiger partial charge < -0.3 is 4.48 Å². The van der Waals surface area contributed by atoms with Crippen LogP contribution in [0.5, 0.6) is 0 Å². The second kappa shape index (κ2) is 4.08. The topological polar surface area (TPSA) is 3.24 Å². The van der Waals surface area contributed by atoms with Gasteiger partial charge in [0.1, 0.15) is 13.2 Å². The molecule has 0 unspecified atom stereocenters. The van der Waals surface area contributed by atoms with Gasteiger partial charge in [-0.2, -0.15) is 0 Å². The predicted octanol–water partition coefficient (Wildman–Crippen LogP) is 3.47. The number of hydrogen-bond donors (Lipinski definition) is 0. The molecule has 0 spiro atoms. The van der Waals surface area contributed by atoms with E-state index in [9.17, 15) is 0 Å². The van der Waals surface area contributed by atoms with E-state index in [1.165, 1.54) is 60.3 Å². The van der Waals surface area contributed by atoms with Crippen molar-refractivity contribution in [1.29, 1.82) is 0 Å². The largest absolute Gasteiger partial charge is 0.306 e. The van der Waals surface area contributed by atoms with Gasteiger partial charge in [0.25, 0.3) is 0 Å². The molecule has 4 heterocycles. The number of halogens is 1. The first kappa shape index (κ1) is 13.3. The number of benzene rings is 1. The monoisotopic (exact) mass is 335 g/mol. The minimum atomic E-state index is 0.541. The van der Waals surface area contributed by atoms with Crippen molar-refractivity contribution in [1.82, 2.24) is 4.90 Å². The smallest absolute Gasteiger partial charge is 0.135 e. The molecule has 20 heavy (non-hydrogen) atoms. The summed E-state index contributed by atoms with van der Waals surface area (Å²) < 4.78 is 2.47. The zero-order valence-corrected chi connectivity index (χ0v) is 14.1. The molecule has 2 atom stereocenters. The minimum absolute atomic E-state index is 0.541. The summed E-state index contributed by atoms with van der Waals surface area (Å²) in [5, 5.41) is 0. The molecule has 0 radical (unpaired) electrons. The third-order valence-corrected chi connectivity index (χ3v) is 5.96. The molecule has 0 aliphatic carbocycles. The Bertz CT molecular complexity index is 520. The van der Waals surface area contributed by atoms with E-state index in [0.717, 1.165) is 0 Å². The standard InChI is InChI=1S/C17H24BrN2/c1-16-8-17(2)10-19(9-16)13-20(11-16,12-17)7-14-3-5-15(18)6-4-14/h3-6H,7-13H2,1-2H3/q+1/t16-,17-/m1/s1. The zero-order valence-electron chi connectivity index (χ0n) is 12.5. The second-order valence-corrected chi connectivity index (χ2v) is 9.28. The van der Waals surface area contributed by atoms with Crippen molar-refractivity contribution in [3.8, 4) is 0 Å². The Morgan fingerprint density at radius 2 is 1.70 bits per heavy atom. The lowest BCUT2D eigenvalue weighted by molar-refractivity contribution is -0.981. The Labute approximate surface area is 130 Å². The lowest BCUT2D eigenvalue weighted by atomic mass is 9.63. The number of quaternary nitrogens is 1. The molecule has 4 aliphatic heterocycles. The van der Waals surface area contributed by atoms with Gasteiger partial charge in [0.2, 0.25) is 0 Å². The molecule has 4 bridgehead atoms. The first-order valence-electron chi connectivity index (χ1n) is 7.70.